The number of aromatic nitrogens is 2. The number of Topliss-reactive ketones (excluding diaryl/α,β-unsaturated/α-hetero) is 1. The van der Waals surface area contributed by atoms with E-state index in [0.717, 1.165) is 41.5 Å². The number of hydrogen-bond donors (Lipinski definition) is 0. The van der Waals surface area contributed by atoms with Crippen molar-refractivity contribution in [1.29, 1.82) is 0 Å². The fraction of sp³-hybridized carbons (Fsp3) is 0.481. The Labute approximate surface area is 189 Å². The van der Waals surface area contributed by atoms with Crippen LogP contribution in [0.5, 0.6) is 11.5 Å². The van der Waals surface area contributed by atoms with E-state index in [-0.39, 0.29) is 11.7 Å². The van der Waals surface area contributed by atoms with Gasteiger partial charge >= 0.3 is 0 Å². The lowest BCUT2D eigenvalue weighted by molar-refractivity contribution is -0.117. The topological polar surface area (TPSA) is 53.4 Å². The van der Waals surface area contributed by atoms with Gasteiger partial charge in [-0.25, -0.2) is 0 Å². The minimum absolute atomic E-state index is 0.223. The predicted molar refractivity (Wildman–Crippen MR) is 125 cm³/mol. The summed E-state index contributed by atoms with van der Waals surface area (Å²) in [5.41, 5.74) is 3.45. The van der Waals surface area contributed by atoms with Crippen LogP contribution >= 0.6 is 0 Å². The molecular weight excluding hydrogens is 400 g/mol. The maximum Gasteiger partial charge on any atom is 0.130 e. The van der Waals surface area contributed by atoms with Crippen LogP contribution in [0.1, 0.15) is 68.9 Å². The van der Waals surface area contributed by atoms with E-state index in [2.05, 4.69) is 34.0 Å². The summed E-state index contributed by atoms with van der Waals surface area (Å²) in [6, 6.07) is 12.5. The van der Waals surface area contributed by atoms with E-state index in [0.29, 0.717) is 19.6 Å². The second-order valence-corrected chi connectivity index (χ2v) is 9.45. The maximum absolute atomic E-state index is 11.6. The van der Waals surface area contributed by atoms with Crippen molar-refractivity contribution in [3.63, 3.8) is 0 Å². The number of carbonyl (C=O) groups is 1. The Bertz CT molecular complexity index is 1100. The molecule has 2 heterocycles. The lowest BCUT2D eigenvalue weighted by Crippen LogP contribution is -2.16. The van der Waals surface area contributed by atoms with Crippen LogP contribution in [0.15, 0.2) is 42.6 Å². The molecule has 1 atom stereocenters. The molecular formula is C27H32N2O3. The third-order valence-corrected chi connectivity index (χ3v) is 6.95. The monoisotopic (exact) mass is 432 g/mol. The lowest BCUT2D eigenvalue weighted by atomic mass is 9.89. The van der Waals surface area contributed by atoms with Crippen molar-refractivity contribution >= 4 is 16.7 Å². The molecule has 0 saturated heterocycles. The van der Waals surface area contributed by atoms with E-state index in [1.54, 1.807) is 6.92 Å². The summed E-state index contributed by atoms with van der Waals surface area (Å²) in [5, 5.41) is 5.83. The SMILES string of the molecule is CC(=O)CC1CCOc2cc(OCc3ccc4c(cnn4CC4CCCCC4)c3)ccc21. The summed E-state index contributed by atoms with van der Waals surface area (Å²) in [6.45, 7) is 3.83. The van der Waals surface area contributed by atoms with Crippen LogP contribution in [-0.4, -0.2) is 22.2 Å². The Hall–Kier alpha value is -2.82. The average Bonchev–Trinajstić information content (AvgIpc) is 3.20. The summed E-state index contributed by atoms with van der Waals surface area (Å²) in [6.07, 6.45) is 10.2. The molecule has 0 bridgehead atoms. The van der Waals surface area contributed by atoms with Gasteiger partial charge in [-0.15, -0.1) is 0 Å². The molecule has 0 radical (unpaired) electrons. The van der Waals surface area contributed by atoms with Gasteiger partial charge in [0, 0.05) is 24.4 Å². The first-order chi connectivity index (χ1) is 15.7. The standard InChI is InChI=1S/C27H32N2O3/c1-19(30)13-22-11-12-31-27-15-24(8-9-25(22)27)32-18-21-7-10-26-23(14-21)16-28-29(26)17-20-5-3-2-4-6-20/h7-10,14-16,20,22H,2-6,11-13,17-18H2,1H3. The molecule has 0 spiro atoms. The van der Waals surface area contributed by atoms with Crippen LogP contribution in [0.2, 0.25) is 0 Å². The molecule has 5 heteroatoms. The van der Waals surface area contributed by atoms with E-state index in [4.69, 9.17) is 9.47 Å². The number of fused-ring (bicyclic) bond motifs is 2. The summed E-state index contributed by atoms with van der Waals surface area (Å²) >= 11 is 0. The molecule has 1 aliphatic carbocycles. The molecule has 0 N–H and O–H groups in total. The van der Waals surface area contributed by atoms with Gasteiger partial charge in [-0.1, -0.05) is 31.4 Å². The van der Waals surface area contributed by atoms with Gasteiger partial charge in [-0.05, 0) is 67.3 Å². The van der Waals surface area contributed by atoms with E-state index >= 15 is 0 Å². The summed E-state index contributed by atoms with van der Waals surface area (Å²) < 4.78 is 14.1. The Morgan fingerprint density at radius 1 is 1.12 bits per heavy atom. The van der Waals surface area contributed by atoms with Crippen LogP contribution in [0.4, 0.5) is 0 Å². The van der Waals surface area contributed by atoms with Crippen molar-refractivity contribution in [2.75, 3.05) is 6.61 Å². The second-order valence-electron chi connectivity index (χ2n) is 9.45. The van der Waals surface area contributed by atoms with E-state index in [1.807, 2.05) is 18.3 Å². The number of benzene rings is 2. The van der Waals surface area contributed by atoms with Crippen molar-refractivity contribution in [2.45, 2.75) is 70.9 Å². The maximum atomic E-state index is 11.6. The van der Waals surface area contributed by atoms with E-state index < -0.39 is 0 Å². The van der Waals surface area contributed by atoms with Crippen LogP contribution in [0, 0.1) is 5.92 Å². The first-order valence-electron chi connectivity index (χ1n) is 12.0. The van der Waals surface area contributed by atoms with E-state index in [1.165, 1.54) is 43.0 Å². The van der Waals surface area contributed by atoms with Crippen molar-refractivity contribution in [3.05, 3.63) is 53.7 Å². The van der Waals surface area contributed by atoms with Gasteiger partial charge in [0.05, 0.1) is 18.3 Å². The summed E-state index contributed by atoms with van der Waals surface area (Å²) in [4.78, 5) is 11.6. The molecule has 3 aromatic rings. The number of ether oxygens (including phenoxy) is 2. The molecule has 2 aliphatic rings. The zero-order chi connectivity index (χ0) is 21.9. The molecule has 1 aromatic heterocycles. The van der Waals surface area contributed by atoms with E-state index in [9.17, 15) is 4.79 Å². The van der Waals surface area contributed by atoms with Gasteiger partial charge in [0.25, 0.3) is 0 Å². The lowest BCUT2D eigenvalue weighted by Gasteiger charge is -2.25. The Morgan fingerprint density at radius 3 is 2.84 bits per heavy atom. The quantitative estimate of drug-likeness (QED) is 0.457. The van der Waals surface area contributed by atoms with Crippen molar-refractivity contribution in [3.8, 4) is 11.5 Å². The van der Waals surface area contributed by atoms with Crippen LogP contribution in [-0.2, 0) is 17.9 Å². The first kappa shape index (κ1) is 21.0. The van der Waals surface area contributed by atoms with Gasteiger partial charge in [-0.3, -0.25) is 4.68 Å². The second kappa shape index (κ2) is 9.35. The highest BCUT2D eigenvalue weighted by Gasteiger charge is 2.23. The Kier molecular flexibility index (Phi) is 6.15. The van der Waals surface area contributed by atoms with Crippen LogP contribution in [0.25, 0.3) is 10.9 Å². The largest absolute Gasteiger partial charge is 0.493 e. The molecule has 168 valence electrons. The number of ketones is 1. The zero-order valence-corrected chi connectivity index (χ0v) is 18.9. The number of hydrogen-bond acceptors (Lipinski definition) is 4. The fourth-order valence-electron chi connectivity index (χ4n) is 5.25. The molecule has 1 unspecified atom stereocenters. The molecule has 0 amide bonds. The summed E-state index contributed by atoms with van der Waals surface area (Å²) in [5.74, 6) is 2.87. The third kappa shape index (κ3) is 4.67. The minimum Gasteiger partial charge on any atom is -0.493 e. The van der Waals surface area contributed by atoms with Gasteiger partial charge in [0.15, 0.2) is 0 Å². The third-order valence-electron chi connectivity index (χ3n) is 6.95. The van der Waals surface area contributed by atoms with Gasteiger partial charge in [0.1, 0.15) is 23.9 Å². The minimum atomic E-state index is 0.223. The number of carbonyl (C=O) groups excluding carboxylic acids is 1. The molecule has 1 saturated carbocycles. The molecule has 2 aromatic carbocycles. The molecule has 1 fully saturated rings. The molecule has 32 heavy (non-hydrogen) atoms. The first-order valence-corrected chi connectivity index (χ1v) is 12.0. The average molecular weight is 433 g/mol. The number of rotatable bonds is 7. The normalized spacial score (nSPS) is 18.8. The van der Waals surface area contributed by atoms with Gasteiger partial charge < -0.3 is 14.3 Å². The highest BCUT2D eigenvalue weighted by molar-refractivity contribution is 5.79. The molecule has 5 nitrogen and oxygen atoms in total. The van der Waals surface area contributed by atoms with Gasteiger partial charge in [0.2, 0.25) is 0 Å². The zero-order valence-electron chi connectivity index (χ0n) is 18.9. The van der Waals surface area contributed by atoms with Crippen molar-refractivity contribution < 1.29 is 14.3 Å². The Balaban J connectivity index is 1.25. The smallest absolute Gasteiger partial charge is 0.130 e. The summed E-state index contributed by atoms with van der Waals surface area (Å²) in [7, 11) is 0. The number of nitrogens with zero attached hydrogens (tertiary/aromatic N) is 2. The highest BCUT2D eigenvalue weighted by Crippen LogP contribution is 2.38. The van der Waals surface area contributed by atoms with Crippen LogP contribution in [0.3, 0.4) is 0 Å². The molecule has 1 aliphatic heterocycles. The molecule has 5 rings (SSSR count). The Morgan fingerprint density at radius 2 is 2.00 bits per heavy atom. The fourth-order valence-corrected chi connectivity index (χ4v) is 5.25. The van der Waals surface area contributed by atoms with Crippen molar-refractivity contribution in [2.24, 2.45) is 5.92 Å². The predicted octanol–water partition coefficient (Wildman–Crippen LogP) is 6.04. The van der Waals surface area contributed by atoms with Gasteiger partial charge in [-0.2, -0.15) is 5.10 Å². The van der Waals surface area contributed by atoms with Crippen molar-refractivity contribution in [1.82, 2.24) is 9.78 Å². The van der Waals surface area contributed by atoms with Crippen LogP contribution < -0.4 is 9.47 Å². The highest BCUT2D eigenvalue weighted by atomic mass is 16.5.